The molecule has 0 radical (unpaired) electrons. The molecule has 2 fully saturated rings. The van der Waals surface area contributed by atoms with Crippen molar-refractivity contribution >= 4 is 22.6 Å². The number of nitrogens with zero attached hydrogens (tertiary/aromatic N) is 5. The highest BCUT2D eigenvalue weighted by molar-refractivity contribution is 5.79. The normalized spacial score (nSPS) is 18.1. The maximum Gasteiger partial charge on any atom is 0.225 e. The number of hydrogen-bond donors (Lipinski definition) is 0. The van der Waals surface area contributed by atoms with Gasteiger partial charge in [0.15, 0.2) is 0 Å². The maximum atomic E-state index is 13.3. The Morgan fingerprint density at radius 3 is 2.35 bits per heavy atom. The van der Waals surface area contributed by atoms with Crippen molar-refractivity contribution < 1.29 is 4.79 Å². The summed E-state index contributed by atoms with van der Waals surface area (Å²) >= 11 is 0. The van der Waals surface area contributed by atoms with Gasteiger partial charge in [-0.05, 0) is 63.0 Å². The first-order valence-electron chi connectivity index (χ1n) is 13.0. The molecule has 5 rings (SSSR count). The molecule has 0 N–H and O–H groups in total. The fourth-order valence-corrected chi connectivity index (χ4v) is 5.68. The molecule has 3 aromatic rings. The number of hydrogen-bond acceptors (Lipinski definition) is 4. The van der Waals surface area contributed by atoms with E-state index in [0.717, 1.165) is 83.0 Å². The molecular formula is C28H37N5O. The van der Waals surface area contributed by atoms with Crippen LogP contribution < -0.4 is 4.90 Å². The van der Waals surface area contributed by atoms with E-state index in [1.807, 2.05) is 0 Å². The lowest BCUT2D eigenvalue weighted by molar-refractivity contribution is -0.137. The predicted octanol–water partition coefficient (Wildman–Crippen LogP) is 4.18. The molecule has 6 nitrogen and oxygen atoms in total. The Morgan fingerprint density at radius 2 is 1.62 bits per heavy atom. The van der Waals surface area contributed by atoms with Gasteiger partial charge in [-0.25, -0.2) is 4.98 Å². The average Bonchev–Trinajstić information content (AvgIpc) is 3.25. The van der Waals surface area contributed by atoms with E-state index in [4.69, 9.17) is 4.98 Å². The number of piperidine rings is 1. The number of aryl methyl sites for hydroxylation is 2. The Bertz CT molecular complexity index is 1120. The van der Waals surface area contributed by atoms with E-state index in [0.29, 0.717) is 5.91 Å². The van der Waals surface area contributed by atoms with Gasteiger partial charge in [0.05, 0.1) is 17.6 Å². The molecular weight excluding hydrogens is 422 g/mol. The Labute approximate surface area is 203 Å². The van der Waals surface area contributed by atoms with E-state index in [2.05, 4.69) is 81.6 Å². The first-order valence-corrected chi connectivity index (χ1v) is 13.0. The van der Waals surface area contributed by atoms with E-state index in [1.54, 1.807) is 0 Å². The molecule has 1 aromatic heterocycles. The van der Waals surface area contributed by atoms with E-state index >= 15 is 0 Å². The Kier molecular flexibility index (Phi) is 6.86. The monoisotopic (exact) mass is 459 g/mol. The minimum atomic E-state index is 0.163. The molecule has 0 atom stereocenters. The van der Waals surface area contributed by atoms with Crippen LogP contribution in [0.2, 0.25) is 0 Å². The van der Waals surface area contributed by atoms with Crippen molar-refractivity contribution in [1.29, 1.82) is 0 Å². The number of fused-ring (bicyclic) bond motifs is 1. The zero-order chi connectivity index (χ0) is 23.5. The molecule has 0 unspecified atom stereocenters. The lowest BCUT2D eigenvalue weighted by Gasteiger charge is -2.39. The summed E-state index contributed by atoms with van der Waals surface area (Å²) in [5.74, 6) is 1.66. The number of benzene rings is 2. The number of piperazine rings is 1. The van der Waals surface area contributed by atoms with Crippen LogP contribution in [0.25, 0.3) is 11.0 Å². The van der Waals surface area contributed by atoms with Gasteiger partial charge in [0, 0.05) is 44.3 Å². The zero-order valence-electron chi connectivity index (χ0n) is 20.6. The van der Waals surface area contributed by atoms with Gasteiger partial charge in [-0.3, -0.25) is 9.69 Å². The van der Waals surface area contributed by atoms with Crippen molar-refractivity contribution in [2.24, 2.45) is 5.92 Å². The van der Waals surface area contributed by atoms with Gasteiger partial charge in [-0.1, -0.05) is 37.3 Å². The number of rotatable bonds is 6. The number of aromatic nitrogens is 2. The van der Waals surface area contributed by atoms with E-state index in [1.165, 1.54) is 16.8 Å². The van der Waals surface area contributed by atoms with Crippen LogP contribution in [0, 0.1) is 5.92 Å². The van der Waals surface area contributed by atoms with E-state index < -0.39 is 0 Å². The molecule has 180 valence electrons. The number of likely N-dealkylation sites (tertiary alicyclic amines) is 1. The van der Waals surface area contributed by atoms with E-state index in [-0.39, 0.29) is 5.92 Å². The molecule has 0 bridgehead atoms. The van der Waals surface area contributed by atoms with Crippen LogP contribution in [0.4, 0.5) is 5.69 Å². The van der Waals surface area contributed by atoms with Crippen molar-refractivity contribution in [3.05, 3.63) is 59.9 Å². The molecule has 2 aromatic carbocycles. The first kappa shape index (κ1) is 22.9. The zero-order valence-corrected chi connectivity index (χ0v) is 20.6. The summed E-state index contributed by atoms with van der Waals surface area (Å²) in [5, 5.41) is 0. The smallest absolute Gasteiger partial charge is 0.225 e. The number of amides is 1. The summed E-state index contributed by atoms with van der Waals surface area (Å²) in [5.41, 5.74) is 5.02. The number of imidazole rings is 1. The van der Waals surface area contributed by atoms with Crippen LogP contribution >= 0.6 is 0 Å². The minimum absolute atomic E-state index is 0.163. The van der Waals surface area contributed by atoms with Crippen LogP contribution in [0.1, 0.15) is 38.1 Å². The topological polar surface area (TPSA) is 44.6 Å². The molecule has 3 heterocycles. The molecule has 2 aliphatic heterocycles. The van der Waals surface area contributed by atoms with Gasteiger partial charge in [-0.2, -0.15) is 0 Å². The number of carbonyl (C=O) groups excluding carboxylic acids is 1. The molecule has 1 amide bonds. The van der Waals surface area contributed by atoms with Gasteiger partial charge in [0.25, 0.3) is 0 Å². The van der Waals surface area contributed by atoms with Crippen LogP contribution in [0.5, 0.6) is 0 Å². The largest absolute Gasteiger partial charge is 0.368 e. The molecule has 0 aliphatic carbocycles. The van der Waals surface area contributed by atoms with Crippen molar-refractivity contribution in [3.63, 3.8) is 0 Å². The molecule has 2 aliphatic rings. The lowest BCUT2D eigenvalue weighted by atomic mass is 9.95. The SMILES string of the molecule is CCc1ccccc1N1CCN(C(=O)C2CCN(Cc3nc4ccccc4n3CC)CC2)CC1. The second kappa shape index (κ2) is 10.2. The molecule has 2 saturated heterocycles. The summed E-state index contributed by atoms with van der Waals surface area (Å²) in [6.45, 7) is 11.6. The number of anilines is 1. The quantitative estimate of drug-likeness (QED) is 0.555. The Hall–Kier alpha value is -2.86. The number of carbonyl (C=O) groups is 1. The van der Waals surface area contributed by atoms with Crippen LogP contribution in [-0.2, 0) is 24.3 Å². The summed E-state index contributed by atoms with van der Waals surface area (Å²) in [7, 11) is 0. The van der Waals surface area contributed by atoms with Crippen molar-refractivity contribution in [2.45, 2.75) is 46.2 Å². The van der Waals surface area contributed by atoms with Crippen molar-refractivity contribution in [2.75, 3.05) is 44.2 Å². The molecule has 6 heteroatoms. The first-order chi connectivity index (χ1) is 16.7. The van der Waals surface area contributed by atoms with Gasteiger partial charge >= 0.3 is 0 Å². The van der Waals surface area contributed by atoms with Crippen molar-refractivity contribution in [1.82, 2.24) is 19.4 Å². The molecule has 0 saturated carbocycles. The third kappa shape index (κ3) is 4.56. The predicted molar refractivity (Wildman–Crippen MR) is 138 cm³/mol. The summed E-state index contributed by atoms with van der Waals surface area (Å²) < 4.78 is 2.32. The van der Waals surface area contributed by atoms with Gasteiger partial charge in [0.1, 0.15) is 5.82 Å². The third-order valence-electron chi connectivity index (χ3n) is 7.66. The van der Waals surface area contributed by atoms with Gasteiger partial charge in [0.2, 0.25) is 5.91 Å². The maximum absolute atomic E-state index is 13.3. The summed E-state index contributed by atoms with van der Waals surface area (Å²) in [6.07, 6.45) is 2.94. The van der Waals surface area contributed by atoms with Crippen LogP contribution in [0.15, 0.2) is 48.5 Å². The fraction of sp³-hybridized carbons (Fsp3) is 0.500. The van der Waals surface area contributed by atoms with Crippen LogP contribution in [0.3, 0.4) is 0 Å². The van der Waals surface area contributed by atoms with Crippen molar-refractivity contribution in [3.8, 4) is 0 Å². The second-order valence-electron chi connectivity index (χ2n) is 9.61. The third-order valence-corrected chi connectivity index (χ3v) is 7.66. The average molecular weight is 460 g/mol. The summed E-state index contributed by atoms with van der Waals surface area (Å²) in [6, 6.07) is 17.1. The van der Waals surface area contributed by atoms with Crippen LogP contribution in [-0.4, -0.2) is 64.5 Å². The number of para-hydroxylation sites is 3. The van der Waals surface area contributed by atoms with Gasteiger partial charge in [-0.15, -0.1) is 0 Å². The highest BCUT2D eigenvalue weighted by atomic mass is 16.2. The Balaban J connectivity index is 1.14. The standard InChI is InChI=1S/C28H37N5O/c1-3-22-9-5-7-11-25(22)31-17-19-32(20-18-31)28(34)23-13-15-30(16-14-23)21-27-29-24-10-6-8-12-26(24)33(27)4-2/h5-12,23H,3-4,13-21H2,1-2H3. The van der Waals surface area contributed by atoms with E-state index in [9.17, 15) is 4.79 Å². The molecule has 0 spiro atoms. The molecule has 34 heavy (non-hydrogen) atoms. The highest BCUT2D eigenvalue weighted by Crippen LogP contribution is 2.26. The Morgan fingerprint density at radius 1 is 0.912 bits per heavy atom. The second-order valence-corrected chi connectivity index (χ2v) is 9.61. The summed E-state index contributed by atoms with van der Waals surface area (Å²) in [4.78, 5) is 25.2. The lowest BCUT2D eigenvalue weighted by Crippen LogP contribution is -2.51. The van der Waals surface area contributed by atoms with Gasteiger partial charge < -0.3 is 14.4 Å². The fourth-order valence-electron chi connectivity index (χ4n) is 5.68. The highest BCUT2D eigenvalue weighted by Gasteiger charge is 2.31. The minimum Gasteiger partial charge on any atom is -0.368 e.